The number of rotatable bonds is 14. The highest BCUT2D eigenvalue weighted by Crippen LogP contribution is 2.15. The lowest BCUT2D eigenvalue weighted by molar-refractivity contribution is -0.829. The average molecular weight is 298 g/mol. The lowest BCUT2D eigenvalue weighted by Gasteiger charge is -2.30. The first kappa shape index (κ1) is 18.6. The van der Waals surface area contributed by atoms with E-state index in [2.05, 4.69) is 18.3 Å². The predicted octanol–water partition coefficient (Wildman–Crippen LogP) is 4.15. The van der Waals surface area contributed by atoms with E-state index in [4.69, 9.17) is 5.11 Å². The number of aliphatic imine (C=N–C) groups is 1. The van der Waals surface area contributed by atoms with Crippen molar-refractivity contribution in [2.45, 2.75) is 77.6 Å². The maximum Gasteiger partial charge on any atom is 0.185 e. The zero-order valence-electron chi connectivity index (χ0n) is 14.2. The summed E-state index contributed by atoms with van der Waals surface area (Å²) in [7, 11) is 0. The molecule has 124 valence electrons. The average Bonchev–Trinajstić information content (AvgIpc) is 2.96. The van der Waals surface area contributed by atoms with E-state index in [-0.39, 0.29) is 0 Å². The Morgan fingerprint density at radius 2 is 1.43 bits per heavy atom. The Morgan fingerprint density at radius 1 is 0.857 bits per heavy atom. The van der Waals surface area contributed by atoms with Crippen molar-refractivity contribution in [3.05, 3.63) is 0 Å². The van der Waals surface area contributed by atoms with Crippen LogP contribution < -0.4 is 0 Å². The van der Waals surface area contributed by atoms with E-state index in [1.807, 2.05) is 0 Å². The third kappa shape index (κ3) is 8.57. The van der Waals surface area contributed by atoms with Crippen LogP contribution in [0.1, 0.15) is 77.6 Å². The molecule has 0 aliphatic carbocycles. The van der Waals surface area contributed by atoms with Crippen molar-refractivity contribution >= 4 is 6.34 Å². The summed E-state index contributed by atoms with van der Waals surface area (Å²) in [4.78, 5) is 4.42. The largest absolute Gasteiger partial charge is 0.396 e. The fourth-order valence-corrected chi connectivity index (χ4v) is 3.30. The van der Waals surface area contributed by atoms with Crippen LogP contribution in [0.25, 0.3) is 0 Å². The Bertz CT molecular complexity index is 268. The normalized spacial score (nSPS) is 21.2. The van der Waals surface area contributed by atoms with E-state index >= 15 is 0 Å². The zero-order chi connectivity index (χ0) is 15.2. The summed E-state index contributed by atoms with van der Waals surface area (Å²) in [5, 5.41) is 9.03. The van der Waals surface area contributed by atoms with Gasteiger partial charge in [-0.2, -0.15) is 0 Å². The van der Waals surface area contributed by atoms with Crippen LogP contribution in [0.4, 0.5) is 0 Å². The molecular formula is C18H37N2O+. The summed E-state index contributed by atoms with van der Waals surface area (Å²) < 4.78 is 1.03. The van der Waals surface area contributed by atoms with E-state index in [0.717, 1.165) is 30.5 Å². The van der Waals surface area contributed by atoms with Gasteiger partial charge in [0.05, 0.1) is 19.6 Å². The number of hydrogen-bond acceptors (Lipinski definition) is 2. The summed E-state index contributed by atoms with van der Waals surface area (Å²) >= 11 is 0. The molecule has 1 aliphatic heterocycles. The minimum Gasteiger partial charge on any atom is -0.396 e. The van der Waals surface area contributed by atoms with Crippen molar-refractivity contribution < 1.29 is 9.59 Å². The second-order valence-electron chi connectivity index (χ2n) is 6.67. The number of nitrogens with zero attached hydrogens (tertiary/aromatic N) is 2. The van der Waals surface area contributed by atoms with Gasteiger partial charge in [0.25, 0.3) is 0 Å². The second kappa shape index (κ2) is 12.2. The molecule has 0 amide bonds. The van der Waals surface area contributed by atoms with Crippen molar-refractivity contribution in [1.29, 1.82) is 0 Å². The molecule has 3 nitrogen and oxygen atoms in total. The Labute approximate surface area is 132 Å². The van der Waals surface area contributed by atoms with Crippen molar-refractivity contribution in [3.8, 4) is 0 Å². The van der Waals surface area contributed by atoms with Crippen LogP contribution >= 0.6 is 0 Å². The molecule has 3 heteroatoms. The third-order valence-electron chi connectivity index (χ3n) is 4.72. The highest BCUT2D eigenvalue weighted by atomic mass is 16.3. The van der Waals surface area contributed by atoms with Gasteiger partial charge in [-0.25, -0.2) is 4.99 Å². The molecule has 1 atom stereocenters. The maximum absolute atomic E-state index is 9.03. The van der Waals surface area contributed by atoms with Crippen LogP contribution in [0.15, 0.2) is 4.99 Å². The van der Waals surface area contributed by atoms with Crippen LogP contribution in [-0.2, 0) is 0 Å². The highest BCUT2D eigenvalue weighted by Gasteiger charge is 2.27. The Kier molecular flexibility index (Phi) is 10.8. The summed E-state index contributed by atoms with van der Waals surface area (Å²) in [6, 6.07) is 0. The van der Waals surface area contributed by atoms with Crippen LogP contribution in [0.5, 0.6) is 0 Å². The molecule has 0 bridgehead atoms. The van der Waals surface area contributed by atoms with Gasteiger partial charge in [0.1, 0.15) is 6.54 Å². The Balaban J connectivity index is 1.96. The SMILES string of the molecule is CCCCCCCCCCCC[N+]1(CCCO)C=NCC1. The number of quaternary nitrogens is 1. The van der Waals surface area contributed by atoms with Crippen molar-refractivity contribution in [2.75, 3.05) is 32.8 Å². The molecule has 0 aromatic rings. The Hall–Kier alpha value is -0.410. The summed E-state index contributed by atoms with van der Waals surface area (Å²) in [6.45, 7) is 7.00. The van der Waals surface area contributed by atoms with Crippen molar-refractivity contribution in [1.82, 2.24) is 0 Å². The van der Waals surface area contributed by atoms with Gasteiger partial charge < -0.3 is 5.11 Å². The molecule has 0 spiro atoms. The quantitative estimate of drug-likeness (QED) is 0.379. The molecule has 0 aromatic carbocycles. The fraction of sp³-hybridized carbons (Fsp3) is 0.944. The van der Waals surface area contributed by atoms with Gasteiger partial charge in [-0.05, 0) is 12.8 Å². The number of unbranched alkanes of at least 4 members (excludes halogenated alkanes) is 9. The maximum atomic E-state index is 9.03. The molecule has 1 heterocycles. The molecule has 1 N–H and O–H groups in total. The lowest BCUT2D eigenvalue weighted by atomic mass is 10.1. The van der Waals surface area contributed by atoms with Crippen LogP contribution in [0.2, 0.25) is 0 Å². The summed E-state index contributed by atoms with van der Waals surface area (Å²) in [6.07, 6.45) is 17.0. The minimum atomic E-state index is 0.311. The molecule has 1 rings (SSSR count). The molecule has 1 aliphatic rings. The van der Waals surface area contributed by atoms with Crippen LogP contribution in [-0.4, -0.2) is 48.7 Å². The third-order valence-corrected chi connectivity index (χ3v) is 4.72. The molecule has 0 saturated carbocycles. The van der Waals surface area contributed by atoms with Crippen molar-refractivity contribution in [3.63, 3.8) is 0 Å². The molecular weight excluding hydrogens is 260 g/mol. The molecule has 0 fully saturated rings. The monoisotopic (exact) mass is 297 g/mol. The number of hydrogen-bond donors (Lipinski definition) is 1. The summed E-state index contributed by atoms with van der Waals surface area (Å²) in [5.74, 6) is 0. The van der Waals surface area contributed by atoms with Crippen LogP contribution in [0.3, 0.4) is 0 Å². The Morgan fingerprint density at radius 3 is 1.95 bits per heavy atom. The standard InChI is InChI=1S/C18H37N2O/c1-2-3-4-5-6-7-8-9-10-11-14-20(15-12-17-21)16-13-19-18-20/h18,21H,2-17H2,1H3/q+1. The molecule has 0 radical (unpaired) electrons. The molecule has 0 aromatic heterocycles. The van der Waals surface area contributed by atoms with E-state index < -0.39 is 0 Å². The predicted molar refractivity (Wildman–Crippen MR) is 91.8 cm³/mol. The highest BCUT2D eigenvalue weighted by molar-refractivity contribution is 5.48. The molecule has 21 heavy (non-hydrogen) atoms. The van der Waals surface area contributed by atoms with E-state index in [1.54, 1.807) is 0 Å². The fourth-order valence-electron chi connectivity index (χ4n) is 3.30. The summed E-state index contributed by atoms with van der Waals surface area (Å²) in [5.41, 5.74) is 0. The van der Waals surface area contributed by atoms with Gasteiger partial charge >= 0.3 is 0 Å². The van der Waals surface area contributed by atoms with Gasteiger partial charge in [0.2, 0.25) is 0 Å². The minimum absolute atomic E-state index is 0.311. The van der Waals surface area contributed by atoms with Gasteiger partial charge in [-0.1, -0.05) is 58.3 Å². The first-order chi connectivity index (χ1) is 10.3. The number of aliphatic hydroxyl groups is 1. The van der Waals surface area contributed by atoms with Gasteiger partial charge in [-0.15, -0.1) is 0 Å². The second-order valence-corrected chi connectivity index (χ2v) is 6.67. The van der Waals surface area contributed by atoms with E-state index in [0.29, 0.717) is 6.61 Å². The van der Waals surface area contributed by atoms with Crippen molar-refractivity contribution in [2.24, 2.45) is 4.99 Å². The van der Waals surface area contributed by atoms with Gasteiger partial charge in [0.15, 0.2) is 6.34 Å². The van der Waals surface area contributed by atoms with Crippen LogP contribution in [0, 0.1) is 0 Å². The molecule has 1 unspecified atom stereocenters. The number of aliphatic hydroxyl groups excluding tert-OH is 1. The first-order valence-electron chi connectivity index (χ1n) is 9.30. The molecule has 0 saturated heterocycles. The van der Waals surface area contributed by atoms with Gasteiger partial charge in [-0.3, -0.25) is 4.48 Å². The van der Waals surface area contributed by atoms with E-state index in [9.17, 15) is 0 Å². The zero-order valence-corrected chi connectivity index (χ0v) is 14.2. The van der Waals surface area contributed by atoms with E-state index in [1.165, 1.54) is 70.8 Å². The topological polar surface area (TPSA) is 32.6 Å². The first-order valence-corrected chi connectivity index (χ1v) is 9.30. The smallest absolute Gasteiger partial charge is 0.185 e. The van der Waals surface area contributed by atoms with Gasteiger partial charge in [0, 0.05) is 13.0 Å². The lowest BCUT2D eigenvalue weighted by Crippen LogP contribution is -2.47.